The molecule has 1 amide bonds. The fourth-order valence-electron chi connectivity index (χ4n) is 5.09. The average molecular weight is 564 g/mol. The molecule has 2 aromatic carbocycles. The predicted octanol–water partition coefficient (Wildman–Crippen LogP) is 5.28. The van der Waals surface area contributed by atoms with Gasteiger partial charge in [0.05, 0.1) is 14.2 Å². The van der Waals surface area contributed by atoms with Gasteiger partial charge < -0.3 is 24.2 Å². The number of benzene rings is 2. The predicted molar refractivity (Wildman–Crippen MR) is 158 cm³/mol. The molecule has 0 bridgehead atoms. The summed E-state index contributed by atoms with van der Waals surface area (Å²) in [4.78, 5) is 33.6. The quantitative estimate of drug-likeness (QED) is 0.378. The molecular formula is C32H41N3O6. The second kappa shape index (κ2) is 12.7. The summed E-state index contributed by atoms with van der Waals surface area (Å²) in [5, 5.41) is 10.9. The number of likely N-dealkylation sites (tertiary alicyclic amines) is 1. The number of hydrogen-bond acceptors (Lipinski definition) is 7. The van der Waals surface area contributed by atoms with Gasteiger partial charge in [-0.3, -0.25) is 14.2 Å². The lowest BCUT2D eigenvalue weighted by atomic mass is 9.87. The zero-order chi connectivity index (χ0) is 29.7. The first-order chi connectivity index (χ1) is 19.6. The Bertz CT molecular complexity index is 1390. The van der Waals surface area contributed by atoms with Crippen molar-refractivity contribution in [3.63, 3.8) is 0 Å². The molecule has 1 saturated heterocycles. The first-order valence-corrected chi connectivity index (χ1v) is 14.2. The summed E-state index contributed by atoms with van der Waals surface area (Å²) in [5.41, 5.74) is 0.619. The minimum atomic E-state index is -0.659. The van der Waals surface area contributed by atoms with E-state index in [1.165, 1.54) is 24.4 Å². The number of rotatable bonds is 9. The Morgan fingerprint density at radius 2 is 1.63 bits per heavy atom. The van der Waals surface area contributed by atoms with Crippen LogP contribution in [0.15, 0.2) is 47.3 Å². The number of carbonyl (C=O) groups excluding carboxylic acids is 1. The number of carbonyl (C=O) groups is 1. The van der Waals surface area contributed by atoms with Gasteiger partial charge in [0, 0.05) is 32.4 Å². The molecule has 1 aliphatic heterocycles. The number of aromatic hydroxyl groups is 1. The third kappa shape index (κ3) is 6.50. The molecule has 220 valence electrons. The van der Waals surface area contributed by atoms with Gasteiger partial charge in [-0.2, -0.15) is 4.98 Å². The van der Waals surface area contributed by atoms with E-state index in [1.54, 1.807) is 23.1 Å². The summed E-state index contributed by atoms with van der Waals surface area (Å²) >= 11 is 0. The van der Waals surface area contributed by atoms with Crippen molar-refractivity contribution < 1.29 is 24.1 Å². The molecule has 0 saturated carbocycles. The number of aromatic nitrogens is 2. The lowest BCUT2D eigenvalue weighted by Crippen LogP contribution is -2.44. The van der Waals surface area contributed by atoms with E-state index in [0.29, 0.717) is 55.4 Å². The molecule has 1 fully saturated rings. The highest BCUT2D eigenvalue weighted by atomic mass is 16.5. The highest BCUT2D eigenvalue weighted by Gasteiger charge is 2.31. The van der Waals surface area contributed by atoms with Crippen molar-refractivity contribution in [2.24, 2.45) is 0 Å². The van der Waals surface area contributed by atoms with Crippen LogP contribution in [0.1, 0.15) is 75.1 Å². The number of amides is 1. The topological polar surface area (TPSA) is 103 Å². The van der Waals surface area contributed by atoms with Gasteiger partial charge >= 0.3 is 0 Å². The maximum absolute atomic E-state index is 14.0. The number of hydrogen-bond donors (Lipinski definition) is 1. The normalized spacial score (nSPS) is 14.1. The Kier molecular flexibility index (Phi) is 9.25. The fraction of sp³-hybridized carbons (Fsp3) is 0.469. The summed E-state index contributed by atoms with van der Waals surface area (Å²) in [7, 11) is 3.00. The van der Waals surface area contributed by atoms with E-state index in [0.717, 1.165) is 18.6 Å². The number of para-hydroxylation sites is 1. The van der Waals surface area contributed by atoms with Crippen LogP contribution in [0.5, 0.6) is 23.1 Å². The van der Waals surface area contributed by atoms with Crippen LogP contribution in [0, 0.1) is 0 Å². The lowest BCUT2D eigenvalue weighted by molar-refractivity contribution is 0.0590. The second-order valence-corrected chi connectivity index (χ2v) is 11.4. The number of aryl methyl sites for hydroxylation is 1. The van der Waals surface area contributed by atoms with Crippen molar-refractivity contribution in [3.8, 4) is 28.8 Å². The highest BCUT2D eigenvalue weighted by Crippen LogP contribution is 2.33. The van der Waals surface area contributed by atoms with E-state index in [-0.39, 0.29) is 17.1 Å². The molecule has 0 radical (unpaired) electrons. The molecule has 2 heterocycles. The van der Waals surface area contributed by atoms with Gasteiger partial charge in [0.2, 0.25) is 5.88 Å². The Labute approximate surface area is 241 Å². The largest absolute Gasteiger partial charge is 0.494 e. The van der Waals surface area contributed by atoms with Gasteiger partial charge in [-0.15, -0.1) is 0 Å². The minimum Gasteiger partial charge on any atom is -0.494 e. The summed E-state index contributed by atoms with van der Waals surface area (Å²) in [6, 6.07) is 13.3. The monoisotopic (exact) mass is 563 g/mol. The molecule has 1 N–H and O–H groups in total. The molecule has 41 heavy (non-hydrogen) atoms. The minimum absolute atomic E-state index is 0.0582. The van der Waals surface area contributed by atoms with Crippen LogP contribution in [0.4, 0.5) is 0 Å². The van der Waals surface area contributed by atoms with Crippen LogP contribution >= 0.6 is 0 Å². The second-order valence-electron chi connectivity index (χ2n) is 11.4. The van der Waals surface area contributed by atoms with Crippen LogP contribution in [0.2, 0.25) is 0 Å². The van der Waals surface area contributed by atoms with Gasteiger partial charge in [-0.1, -0.05) is 52.3 Å². The van der Waals surface area contributed by atoms with E-state index in [4.69, 9.17) is 14.2 Å². The molecule has 3 aromatic rings. The lowest BCUT2D eigenvalue weighted by Gasteiger charge is -2.32. The van der Waals surface area contributed by atoms with Crippen molar-refractivity contribution in [1.29, 1.82) is 0 Å². The smallest absolute Gasteiger partial charge is 0.275 e. The SMILES string of the molecule is CCCCc1nc(O)c(C(=O)N2CCC(Oc3ccc(C(C)(C)C)cc3)CC2)c(=O)n1-c1c(OC)cccc1OC. The number of unbranched alkanes of at least 4 members (excludes halogenated alkanes) is 1. The van der Waals surface area contributed by atoms with Gasteiger partial charge in [0.1, 0.15) is 34.9 Å². The molecule has 0 atom stereocenters. The maximum atomic E-state index is 14.0. The Morgan fingerprint density at radius 3 is 2.17 bits per heavy atom. The molecule has 1 aliphatic rings. The molecule has 1 aromatic heterocycles. The third-order valence-electron chi connectivity index (χ3n) is 7.48. The van der Waals surface area contributed by atoms with E-state index >= 15 is 0 Å². The molecule has 9 nitrogen and oxygen atoms in total. The molecule has 4 rings (SSSR count). The van der Waals surface area contributed by atoms with Crippen molar-refractivity contribution in [2.75, 3.05) is 27.3 Å². The number of ether oxygens (including phenoxy) is 3. The van der Waals surface area contributed by atoms with Gasteiger partial charge in [-0.25, -0.2) is 0 Å². The Hall–Kier alpha value is -4.01. The van der Waals surface area contributed by atoms with Crippen LogP contribution in [0.25, 0.3) is 5.69 Å². The third-order valence-corrected chi connectivity index (χ3v) is 7.48. The van der Waals surface area contributed by atoms with Gasteiger partial charge in [0.25, 0.3) is 11.5 Å². The summed E-state index contributed by atoms with van der Waals surface area (Å²) in [6.45, 7) is 9.31. The van der Waals surface area contributed by atoms with Crippen LogP contribution < -0.4 is 19.8 Å². The zero-order valence-corrected chi connectivity index (χ0v) is 24.9. The van der Waals surface area contributed by atoms with Gasteiger partial charge in [0.15, 0.2) is 5.56 Å². The summed E-state index contributed by atoms with van der Waals surface area (Å²) < 4.78 is 18.6. The maximum Gasteiger partial charge on any atom is 0.275 e. The average Bonchev–Trinajstić information content (AvgIpc) is 2.95. The first-order valence-electron chi connectivity index (χ1n) is 14.2. The van der Waals surface area contributed by atoms with Crippen LogP contribution in [-0.2, 0) is 11.8 Å². The molecule has 0 spiro atoms. The van der Waals surface area contributed by atoms with E-state index in [1.807, 2.05) is 19.1 Å². The van der Waals surface area contributed by atoms with Crippen molar-refractivity contribution in [1.82, 2.24) is 14.5 Å². The van der Waals surface area contributed by atoms with Crippen LogP contribution in [-0.4, -0.2) is 58.9 Å². The summed E-state index contributed by atoms with van der Waals surface area (Å²) in [6.07, 6.45) is 3.17. The number of methoxy groups -OCH3 is 2. The van der Waals surface area contributed by atoms with Crippen LogP contribution in [0.3, 0.4) is 0 Å². The van der Waals surface area contributed by atoms with Crippen molar-refractivity contribution in [3.05, 3.63) is 69.8 Å². The van der Waals surface area contributed by atoms with E-state index in [2.05, 4.69) is 37.9 Å². The van der Waals surface area contributed by atoms with E-state index in [9.17, 15) is 14.7 Å². The fourth-order valence-corrected chi connectivity index (χ4v) is 5.09. The van der Waals surface area contributed by atoms with Gasteiger partial charge in [-0.05, 0) is 41.7 Å². The molecule has 0 aliphatic carbocycles. The first kappa shape index (κ1) is 30.0. The van der Waals surface area contributed by atoms with E-state index < -0.39 is 17.3 Å². The zero-order valence-electron chi connectivity index (χ0n) is 24.9. The highest BCUT2D eigenvalue weighted by molar-refractivity contribution is 5.96. The number of nitrogens with zero attached hydrogens (tertiary/aromatic N) is 3. The molecular weight excluding hydrogens is 522 g/mol. The standard InChI is InChI=1S/C32H41N3O6/c1-7-8-12-26-33-29(36)27(31(38)35(26)28-24(39-5)10-9-11-25(28)40-6)30(37)34-19-17-23(18-20-34)41-22-15-13-21(14-16-22)32(2,3)4/h9-11,13-16,23,36H,7-8,12,17-20H2,1-6H3. The van der Waals surface area contributed by atoms with Crippen molar-refractivity contribution in [2.45, 2.75) is 71.3 Å². The molecule has 0 unspecified atom stereocenters. The Balaban J connectivity index is 1.59. The summed E-state index contributed by atoms with van der Waals surface area (Å²) in [5.74, 6) is 0.789. The van der Waals surface area contributed by atoms with Crippen molar-refractivity contribution >= 4 is 5.91 Å². The molecule has 9 heteroatoms. The Morgan fingerprint density at radius 1 is 1.02 bits per heavy atom. The number of piperidine rings is 1.